The molecular formula is C21H21N3O2. The molecule has 5 nitrogen and oxygen atoms in total. The highest BCUT2D eigenvalue weighted by atomic mass is 16.5. The van der Waals surface area contributed by atoms with Gasteiger partial charge in [-0.2, -0.15) is 0 Å². The molecule has 0 aliphatic carbocycles. The van der Waals surface area contributed by atoms with E-state index < -0.39 is 0 Å². The van der Waals surface area contributed by atoms with Crippen molar-refractivity contribution < 1.29 is 9.53 Å². The molecule has 0 bridgehead atoms. The van der Waals surface area contributed by atoms with Crippen molar-refractivity contribution in [3.8, 4) is 5.75 Å². The lowest BCUT2D eigenvalue weighted by Crippen LogP contribution is -2.20. The van der Waals surface area contributed by atoms with Crippen LogP contribution in [0.15, 0.2) is 66.9 Å². The lowest BCUT2D eigenvalue weighted by atomic mass is 10.1. The predicted octanol–water partition coefficient (Wildman–Crippen LogP) is 4.46. The summed E-state index contributed by atoms with van der Waals surface area (Å²) < 4.78 is 5.42. The number of amides is 1. The average Bonchev–Trinajstić information content (AvgIpc) is 2.65. The molecule has 2 aromatic carbocycles. The molecule has 0 unspecified atom stereocenters. The number of para-hydroxylation sites is 2. The SMILES string of the molecule is Cc1cccc(C)c1Nc1ccc(NC(=O)COc2ccccc2)cn1. The van der Waals surface area contributed by atoms with Crippen LogP contribution in [0.3, 0.4) is 0 Å². The van der Waals surface area contributed by atoms with Gasteiger partial charge in [-0.05, 0) is 49.2 Å². The number of nitrogens with zero attached hydrogens (tertiary/aromatic N) is 1. The molecule has 0 atom stereocenters. The number of aryl methyl sites for hydroxylation is 2. The maximum absolute atomic E-state index is 12.0. The number of nitrogens with one attached hydrogen (secondary N) is 2. The lowest BCUT2D eigenvalue weighted by Gasteiger charge is -2.12. The van der Waals surface area contributed by atoms with Crippen LogP contribution in [0.2, 0.25) is 0 Å². The number of benzene rings is 2. The molecule has 1 aromatic heterocycles. The van der Waals surface area contributed by atoms with Crippen molar-refractivity contribution in [2.24, 2.45) is 0 Å². The summed E-state index contributed by atoms with van der Waals surface area (Å²) in [7, 11) is 0. The Kier molecular flexibility index (Phi) is 5.49. The number of anilines is 3. The zero-order valence-electron chi connectivity index (χ0n) is 14.8. The van der Waals surface area contributed by atoms with Gasteiger partial charge in [0.05, 0.1) is 11.9 Å². The van der Waals surface area contributed by atoms with E-state index in [-0.39, 0.29) is 12.5 Å². The molecule has 26 heavy (non-hydrogen) atoms. The Morgan fingerprint density at radius 2 is 1.69 bits per heavy atom. The Labute approximate surface area is 153 Å². The van der Waals surface area contributed by atoms with Crippen LogP contribution < -0.4 is 15.4 Å². The quantitative estimate of drug-likeness (QED) is 0.691. The third-order valence-electron chi connectivity index (χ3n) is 3.89. The summed E-state index contributed by atoms with van der Waals surface area (Å²) in [5.41, 5.74) is 3.98. The highest BCUT2D eigenvalue weighted by molar-refractivity contribution is 5.91. The molecule has 3 aromatic rings. The second kappa shape index (κ2) is 8.16. The molecule has 132 valence electrons. The van der Waals surface area contributed by atoms with Gasteiger partial charge in [-0.25, -0.2) is 4.98 Å². The van der Waals surface area contributed by atoms with Gasteiger partial charge in [-0.3, -0.25) is 4.79 Å². The summed E-state index contributed by atoms with van der Waals surface area (Å²) in [6.45, 7) is 4.06. The summed E-state index contributed by atoms with van der Waals surface area (Å²) >= 11 is 0. The number of aromatic nitrogens is 1. The Morgan fingerprint density at radius 1 is 0.962 bits per heavy atom. The van der Waals surface area contributed by atoms with Gasteiger partial charge in [-0.15, -0.1) is 0 Å². The fourth-order valence-corrected chi connectivity index (χ4v) is 2.54. The molecule has 5 heteroatoms. The Balaban J connectivity index is 1.56. The van der Waals surface area contributed by atoms with Crippen molar-refractivity contribution in [1.82, 2.24) is 4.98 Å². The molecule has 0 aliphatic rings. The normalized spacial score (nSPS) is 10.2. The molecule has 1 heterocycles. The Morgan fingerprint density at radius 3 is 2.35 bits per heavy atom. The monoisotopic (exact) mass is 347 g/mol. The number of carbonyl (C=O) groups is 1. The van der Waals surface area contributed by atoms with Crippen molar-refractivity contribution >= 4 is 23.1 Å². The first kappa shape index (κ1) is 17.5. The van der Waals surface area contributed by atoms with Crippen LogP contribution >= 0.6 is 0 Å². The summed E-state index contributed by atoms with van der Waals surface area (Å²) in [6, 6.07) is 19.0. The second-order valence-corrected chi connectivity index (χ2v) is 5.97. The van der Waals surface area contributed by atoms with Gasteiger partial charge >= 0.3 is 0 Å². The van der Waals surface area contributed by atoms with Gasteiger partial charge in [0.15, 0.2) is 6.61 Å². The fraction of sp³-hybridized carbons (Fsp3) is 0.143. The van der Waals surface area contributed by atoms with Crippen LogP contribution in [-0.4, -0.2) is 17.5 Å². The summed E-state index contributed by atoms with van der Waals surface area (Å²) in [6.07, 6.45) is 1.62. The molecule has 1 amide bonds. The molecule has 3 rings (SSSR count). The minimum atomic E-state index is -0.230. The molecule has 0 spiro atoms. The van der Waals surface area contributed by atoms with Crippen molar-refractivity contribution in [1.29, 1.82) is 0 Å². The van der Waals surface area contributed by atoms with Crippen LogP contribution in [0, 0.1) is 13.8 Å². The Bertz CT molecular complexity index is 857. The molecule has 0 saturated carbocycles. The van der Waals surface area contributed by atoms with E-state index in [1.165, 1.54) is 0 Å². The van der Waals surface area contributed by atoms with E-state index in [0.717, 1.165) is 22.6 Å². The number of pyridine rings is 1. The van der Waals surface area contributed by atoms with E-state index in [9.17, 15) is 4.79 Å². The van der Waals surface area contributed by atoms with Gasteiger partial charge < -0.3 is 15.4 Å². The van der Waals surface area contributed by atoms with E-state index in [1.54, 1.807) is 6.20 Å². The van der Waals surface area contributed by atoms with Crippen molar-refractivity contribution in [2.75, 3.05) is 17.2 Å². The van der Waals surface area contributed by atoms with Crippen LogP contribution in [-0.2, 0) is 4.79 Å². The third-order valence-corrected chi connectivity index (χ3v) is 3.89. The van der Waals surface area contributed by atoms with E-state index in [0.29, 0.717) is 11.4 Å². The van der Waals surface area contributed by atoms with Gasteiger partial charge in [0.1, 0.15) is 11.6 Å². The van der Waals surface area contributed by atoms with Crippen molar-refractivity contribution in [3.05, 3.63) is 78.0 Å². The van der Waals surface area contributed by atoms with Crippen LogP contribution in [0.5, 0.6) is 5.75 Å². The first-order valence-corrected chi connectivity index (χ1v) is 8.39. The van der Waals surface area contributed by atoms with Gasteiger partial charge in [0.25, 0.3) is 5.91 Å². The largest absolute Gasteiger partial charge is 0.484 e. The zero-order chi connectivity index (χ0) is 18.4. The number of ether oxygens (including phenoxy) is 1. The Hall–Kier alpha value is -3.34. The van der Waals surface area contributed by atoms with Gasteiger partial charge in [-0.1, -0.05) is 36.4 Å². The topological polar surface area (TPSA) is 63.2 Å². The standard InChI is InChI=1S/C21H21N3O2/c1-15-7-6-8-16(2)21(15)24-19-12-11-17(13-22-19)23-20(25)14-26-18-9-4-3-5-10-18/h3-13H,14H2,1-2H3,(H,22,24)(H,23,25). The molecule has 0 aliphatic heterocycles. The summed E-state index contributed by atoms with van der Waals surface area (Å²) in [5, 5.41) is 6.09. The molecular weight excluding hydrogens is 326 g/mol. The first-order chi connectivity index (χ1) is 12.6. The predicted molar refractivity (Wildman–Crippen MR) is 104 cm³/mol. The van der Waals surface area contributed by atoms with Crippen LogP contribution in [0.1, 0.15) is 11.1 Å². The minimum Gasteiger partial charge on any atom is -0.484 e. The van der Waals surface area contributed by atoms with Crippen LogP contribution in [0.25, 0.3) is 0 Å². The molecule has 0 fully saturated rings. The van der Waals surface area contributed by atoms with Crippen molar-refractivity contribution in [3.63, 3.8) is 0 Å². The maximum Gasteiger partial charge on any atom is 0.262 e. The lowest BCUT2D eigenvalue weighted by molar-refractivity contribution is -0.118. The second-order valence-electron chi connectivity index (χ2n) is 5.97. The van der Waals surface area contributed by atoms with Gasteiger partial charge in [0, 0.05) is 5.69 Å². The third kappa shape index (κ3) is 4.60. The number of hydrogen-bond acceptors (Lipinski definition) is 4. The van der Waals surface area contributed by atoms with Gasteiger partial charge in [0.2, 0.25) is 0 Å². The van der Waals surface area contributed by atoms with Crippen LogP contribution in [0.4, 0.5) is 17.2 Å². The number of rotatable bonds is 6. The zero-order valence-corrected chi connectivity index (χ0v) is 14.8. The minimum absolute atomic E-state index is 0.0492. The highest BCUT2D eigenvalue weighted by Gasteiger charge is 2.06. The van der Waals surface area contributed by atoms with E-state index in [2.05, 4.69) is 41.6 Å². The summed E-state index contributed by atoms with van der Waals surface area (Å²) in [4.78, 5) is 16.3. The fourth-order valence-electron chi connectivity index (χ4n) is 2.54. The highest BCUT2D eigenvalue weighted by Crippen LogP contribution is 2.23. The molecule has 2 N–H and O–H groups in total. The van der Waals surface area contributed by atoms with E-state index in [4.69, 9.17) is 4.74 Å². The maximum atomic E-state index is 12.0. The number of carbonyl (C=O) groups excluding carboxylic acids is 1. The number of hydrogen-bond donors (Lipinski definition) is 2. The smallest absolute Gasteiger partial charge is 0.262 e. The average molecular weight is 347 g/mol. The summed E-state index contributed by atoms with van der Waals surface area (Å²) in [5.74, 6) is 1.15. The van der Waals surface area contributed by atoms with E-state index in [1.807, 2.05) is 48.5 Å². The first-order valence-electron chi connectivity index (χ1n) is 8.39. The molecule has 0 radical (unpaired) electrons. The van der Waals surface area contributed by atoms with E-state index >= 15 is 0 Å². The molecule has 0 saturated heterocycles. The van der Waals surface area contributed by atoms with Crippen molar-refractivity contribution in [2.45, 2.75) is 13.8 Å².